The van der Waals surface area contributed by atoms with E-state index in [-0.39, 0.29) is 24.2 Å². The van der Waals surface area contributed by atoms with Gasteiger partial charge in [0.05, 0.1) is 17.8 Å². The molecule has 1 aromatic heterocycles. The fourth-order valence-electron chi connectivity index (χ4n) is 5.00. The molecule has 1 saturated heterocycles. The standard InChI is InChI=1S/C26H27F2N3O3/c1-15-2-3-20-22(30-15)12-18(27)13-24(20)33-9-6-19(16-4-7-29-8-5-16)17-10-21(28)26-23(11-17)31-25(32)14-34-26/h2-3,10-13,16,19,29H,4-9,14H2,1H3,(H,31,32). The molecule has 178 valence electrons. The van der Waals surface area contributed by atoms with Crippen molar-refractivity contribution in [2.45, 2.75) is 32.1 Å². The summed E-state index contributed by atoms with van der Waals surface area (Å²) in [4.78, 5) is 16.2. The summed E-state index contributed by atoms with van der Waals surface area (Å²) in [6, 6.07) is 9.86. The number of ether oxygens (including phenoxy) is 2. The van der Waals surface area contributed by atoms with Crippen LogP contribution in [0.25, 0.3) is 10.9 Å². The van der Waals surface area contributed by atoms with Crippen molar-refractivity contribution in [1.29, 1.82) is 0 Å². The number of aryl methyl sites for hydroxylation is 1. The summed E-state index contributed by atoms with van der Waals surface area (Å²) in [5.41, 5.74) is 2.53. The summed E-state index contributed by atoms with van der Waals surface area (Å²) >= 11 is 0. The third-order valence-electron chi connectivity index (χ3n) is 6.63. The highest BCUT2D eigenvalue weighted by molar-refractivity contribution is 5.95. The molecule has 1 unspecified atom stereocenters. The number of amides is 1. The van der Waals surface area contributed by atoms with Crippen LogP contribution in [0.15, 0.2) is 36.4 Å². The predicted octanol–water partition coefficient (Wildman–Crippen LogP) is 4.70. The molecule has 3 heterocycles. The molecule has 34 heavy (non-hydrogen) atoms. The number of nitrogens with one attached hydrogen (secondary N) is 2. The third-order valence-corrected chi connectivity index (χ3v) is 6.63. The SMILES string of the molecule is Cc1ccc2c(OCCC(c3cc(F)c4c(c3)NC(=O)CO4)C3CCNCC3)cc(F)cc2n1. The molecule has 2 aliphatic heterocycles. The van der Waals surface area contributed by atoms with Gasteiger partial charge in [-0.1, -0.05) is 0 Å². The Bertz CT molecular complexity index is 1220. The minimum Gasteiger partial charge on any atom is -0.493 e. The van der Waals surface area contributed by atoms with Crippen LogP contribution in [0.2, 0.25) is 0 Å². The van der Waals surface area contributed by atoms with Gasteiger partial charge in [-0.15, -0.1) is 0 Å². The van der Waals surface area contributed by atoms with Crippen molar-refractivity contribution in [3.8, 4) is 11.5 Å². The Labute approximate surface area is 196 Å². The first kappa shape index (κ1) is 22.5. The summed E-state index contributed by atoms with van der Waals surface area (Å²) in [5.74, 6) is -0.306. The van der Waals surface area contributed by atoms with Gasteiger partial charge in [0.1, 0.15) is 11.6 Å². The van der Waals surface area contributed by atoms with Gasteiger partial charge in [0.15, 0.2) is 18.2 Å². The van der Waals surface area contributed by atoms with Crippen molar-refractivity contribution in [2.24, 2.45) is 5.92 Å². The highest BCUT2D eigenvalue weighted by Crippen LogP contribution is 2.40. The van der Waals surface area contributed by atoms with E-state index in [0.717, 1.165) is 42.6 Å². The van der Waals surface area contributed by atoms with E-state index in [9.17, 15) is 13.6 Å². The van der Waals surface area contributed by atoms with Gasteiger partial charge in [-0.3, -0.25) is 9.78 Å². The molecular weight excluding hydrogens is 440 g/mol. The van der Waals surface area contributed by atoms with Gasteiger partial charge in [-0.25, -0.2) is 8.78 Å². The molecule has 2 aliphatic rings. The Morgan fingerprint density at radius 3 is 2.82 bits per heavy atom. The Balaban J connectivity index is 1.40. The van der Waals surface area contributed by atoms with Crippen LogP contribution in [0.3, 0.4) is 0 Å². The van der Waals surface area contributed by atoms with Gasteiger partial charge in [0.2, 0.25) is 0 Å². The highest BCUT2D eigenvalue weighted by Gasteiger charge is 2.29. The van der Waals surface area contributed by atoms with Crippen LogP contribution in [0.1, 0.15) is 36.4 Å². The van der Waals surface area contributed by atoms with Crippen molar-refractivity contribution < 1.29 is 23.0 Å². The lowest BCUT2D eigenvalue weighted by Gasteiger charge is -2.32. The van der Waals surface area contributed by atoms with Crippen LogP contribution in [0, 0.1) is 24.5 Å². The Hall–Kier alpha value is -3.26. The number of pyridine rings is 1. The molecule has 1 amide bonds. The van der Waals surface area contributed by atoms with Gasteiger partial charge in [-0.05, 0) is 80.9 Å². The summed E-state index contributed by atoms with van der Waals surface area (Å²) in [7, 11) is 0. The molecule has 5 rings (SSSR count). The summed E-state index contributed by atoms with van der Waals surface area (Å²) in [6.07, 6.45) is 2.53. The van der Waals surface area contributed by atoms with Crippen LogP contribution in [0.4, 0.5) is 14.5 Å². The zero-order chi connectivity index (χ0) is 23.7. The fourth-order valence-corrected chi connectivity index (χ4v) is 5.00. The number of aromatic nitrogens is 1. The largest absolute Gasteiger partial charge is 0.493 e. The maximum Gasteiger partial charge on any atom is 0.262 e. The lowest BCUT2D eigenvalue weighted by Crippen LogP contribution is -2.32. The monoisotopic (exact) mass is 467 g/mol. The topological polar surface area (TPSA) is 72.5 Å². The third kappa shape index (κ3) is 4.68. The van der Waals surface area contributed by atoms with E-state index < -0.39 is 11.6 Å². The fraction of sp³-hybridized carbons (Fsp3) is 0.385. The Morgan fingerprint density at radius 1 is 1.18 bits per heavy atom. The number of carbonyl (C=O) groups excluding carboxylic acids is 1. The van der Waals surface area contributed by atoms with Crippen molar-refractivity contribution >= 4 is 22.5 Å². The van der Waals surface area contributed by atoms with Gasteiger partial charge in [-0.2, -0.15) is 0 Å². The molecule has 0 spiro atoms. The first-order valence-electron chi connectivity index (χ1n) is 11.6. The number of carbonyl (C=O) groups is 1. The molecule has 6 nitrogen and oxygen atoms in total. The number of benzene rings is 2. The Morgan fingerprint density at radius 2 is 2.00 bits per heavy atom. The Kier molecular flexibility index (Phi) is 6.32. The van der Waals surface area contributed by atoms with Crippen LogP contribution >= 0.6 is 0 Å². The van der Waals surface area contributed by atoms with E-state index in [4.69, 9.17) is 9.47 Å². The summed E-state index contributed by atoms with van der Waals surface area (Å²) < 4.78 is 40.4. The molecule has 8 heteroatoms. The van der Waals surface area contributed by atoms with E-state index in [1.165, 1.54) is 18.2 Å². The number of hydrogen-bond acceptors (Lipinski definition) is 5. The number of halogens is 2. The minimum absolute atomic E-state index is 0.0147. The van der Waals surface area contributed by atoms with Crippen molar-refractivity contribution in [1.82, 2.24) is 10.3 Å². The van der Waals surface area contributed by atoms with Gasteiger partial charge >= 0.3 is 0 Å². The number of hydrogen-bond donors (Lipinski definition) is 2. The maximum atomic E-state index is 14.9. The summed E-state index contributed by atoms with van der Waals surface area (Å²) in [5, 5.41) is 6.84. The van der Waals surface area contributed by atoms with Crippen LogP contribution in [-0.4, -0.2) is 37.2 Å². The maximum absolute atomic E-state index is 14.9. The number of piperidine rings is 1. The number of nitrogens with zero attached hydrogens (tertiary/aromatic N) is 1. The predicted molar refractivity (Wildman–Crippen MR) is 125 cm³/mol. The molecule has 1 fully saturated rings. The lowest BCUT2D eigenvalue weighted by molar-refractivity contribution is -0.118. The summed E-state index contributed by atoms with van der Waals surface area (Å²) in [6.45, 7) is 3.80. The first-order chi connectivity index (χ1) is 16.5. The average Bonchev–Trinajstić information content (AvgIpc) is 2.81. The van der Waals surface area contributed by atoms with Gasteiger partial charge < -0.3 is 20.1 Å². The van der Waals surface area contributed by atoms with Crippen LogP contribution in [0.5, 0.6) is 11.5 Å². The molecule has 0 bridgehead atoms. The van der Waals surface area contributed by atoms with Crippen molar-refractivity contribution in [3.63, 3.8) is 0 Å². The van der Waals surface area contributed by atoms with Crippen LogP contribution < -0.4 is 20.1 Å². The van der Waals surface area contributed by atoms with E-state index in [1.807, 2.05) is 25.1 Å². The highest BCUT2D eigenvalue weighted by atomic mass is 19.1. The molecule has 3 aromatic rings. The average molecular weight is 468 g/mol. The molecule has 1 atom stereocenters. The van der Waals surface area contributed by atoms with Crippen LogP contribution in [-0.2, 0) is 4.79 Å². The van der Waals surface area contributed by atoms with E-state index in [1.54, 1.807) is 0 Å². The van der Waals surface area contributed by atoms with Gasteiger partial charge in [0.25, 0.3) is 5.91 Å². The second-order valence-corrected chi connectivity index (χ2v) is 8.97. The number of rotatable bonds is 6. The zero-order valence-corrected chi connectivity index (χ0v) is 19.0. The van der Waals surface area contributed by atoms with E-state index in [2.05, 4.69) is 15.6 Å². The second kappa shape index (κ2) is 9.54. The molecule has 2 N–H and O–H groups in total. The molecular formula is C26H27F2N3O3. The second-order valence-electron chi connectivity index (χ2n) is 8.97. The number of anilines is 1. The number of fused-ring (bicyclic) bond motifs is 2. The quantitative estimate of drug-likeness (QED) is 0.550. The molecule has 0 aliphatic carbocycles. The molecule has 0 radical (unpaired) electrons. The zero-order valence-electron chi connectivity index (χ0n) is 19.0. The van der Waals surface area contributed by atoms with Gasteiger partial charge in [0, 0.05) is 23.2 Å². The smallest absolute Gasteiger partial charge is 0.262 e. The molecule has 0 saturated carbocycles. The minimum atomic E-state index is -0.482. The lowest BCUT2D eigenvalue weighted by atomic mass is 9.78. The normalized spacial score (nSPS) is 17.1. The first-order valence-corrected chi connectivity index (χ1v) is 11.6. The van der Waals surface area contributed by atoms with E-state index >= 15 is 0 Å². The van der Waals surface area contributed by atoms with E-state index in [0.29, 0.717) is 35.9 Å². The van der Waals surface area contributed by atoms with Crippen molar-refractivity contribution in [2.75, 3.05) is 31.6 Å². The van der Waals surface area contributed by atoms with Crippen molar-refractivity contribution in [3.05, 3.63) is 59.3 Å². The molecule has 2 aromatic carbocycles.